The predicted octanol–water partition coefficient (Wildman–Crippen LogP) is 2.67. The summed E-state index contributed by atoms with van der Waals surface area (Å²) in [4.78, 5) is 11.6. The van der Waals surface area contributed by atoms with Gasteiger partial charge < -0.3 is 11.1 Å². The fourth-order valence-electron chi connectivity index (χ4n) is 1.33. The lowest BCUT2D eigenvalue weighted by Crippen LogP contribution is -2.34. The molecule has 6 heteroatoms. The average Bonchev–Trinajstić information content (AvgIpc) is 2.31. The van der Waals surface area contributed by atoms with Crippen molar-refractivity contribution in [1.82, 2.24) is 5.32 Å². The maximum atomic E-state index is 13.0. The Labute approximate surface area is 117 Å². The van der Waals surface area contributed by atoms with Gasteiger partial charge in [-0.05, 0) is 24.6 Å². The third kappa shape index (κ3) is 4.44. The summed E-state index contributed by atoms with van der Waals surface area (Å²) in [6.07, 6.45) is 0. The standard InChI is InChI=1S/C12H16ClFN2O.ClH/c1-7(6-15)12(17)16-8(2)9-3-4-11(14)10(13)5-9;/h3-5,7-8H,6,15H2,1-2H3,(H,16,17);1H. The molecule has 2 unspecified atom stereocenters. The van der Waals surface area contributed by atoms with Gasteiger partial charge in [0.15, 0.2) is 0 Å². The Hall–Kier alpha value is -0.840. The van der Waals surface area contributed by atoms with Crippen LogP contribution in [0.1, 0.15) is 25.5 Å². The van der Waals surface area contributed by atoms with Crippen molar-refractivity contribution in [3.8, 4) is 0 Å². The van der Waals surface area contributed by atoms with Gasteiger partial charge in [0.2, 0.25) is 5.91 Å². The summed E-state index contributed by atoms with van der Waals surface area (Å²) in [6.45, 7) is 3.85. The van der Waals surface area contributed by atoms with Gasteiger partial charge in [-0.1, -0.05) is 24.6 Å². The van der Waals surface area contributed by atoms with Crippen LogP contribution in [0.15, 0.2) is 18.2 Å². The number of carbonyl (C=O) groups excluding carboxylic acids is 1. The van der Waals surface area contributed by atoms with E-state index in [1.165, 1.54) is 12.1 Å². The van der Waals surface area contributed by atoms with E-state index in [1.807, 2.05) is 6.92 Å². The molecule has 3 N–H and O–H groups in total. The summed E-state index contributed by atoms with van der Waals surface area (Å²) in [5, 5.41) is 2.84. The van der Waals surface area contributed by atoms with Crippen LogP contribution in [-0.2, 0) is 4.79 Å². The maximum Gasteiger partial charge on any atom is 0.224 e. The van der Waals surface area contributed by atoms with E-state index < -0.39 is 5.82 Å². The topological polar surface area (TPSA) is 55.1 Å². The molecule has 0 aliphatic heterocycles. The molecule has 0 bridgehead atoms. The summed E-state index contributed by atoms with van der Waals surface area (Å²) < 4.78 is 13.0. The highest BCUT2D eigenvalue weighted by atomic mass is 35.5. The first-order chi connectivity index (χ1) is 7.95. The number of rotatable bonds is 4. The van der Waals surface area contributed by atoms with Crippen LogP contribution in [0, 0.1) is 11.7 Å². The third-order valence-electron chi connectivity index (χ3n) is 2.60. The zero-order chi connectivity index (χ0) is 13.0. The Kier molecular flexibility index (Phi) is 7.21. The summed E-state index contributed by atoms with van der Waals surface area (Å²) in [6, 6.07) is 4.16. The maximum absolute atomic E-state index is 13.0. The molecule has 2 atom stereocenters. The largest absolute Gasteiger partial charge is 0.349 e. The summed E-state index contributed by atoms with van der Waals surface area (Å²) in [7, 11) is 0. The van der Waals surface area contributed by atoms with E-state index in [1.54, 1.807) is 13.0 Å². The van der Waals surface area contributed by atoms with Crippen LogP contribution in [0.2, 0.25) is 5.02 Å². The van der Waals surface area contributed by atoms with Crippen LogP contribution >= 0.6 is 24.0 Å². The van der Waals surface area contributed by atoms with Gasteiger partial charge in [-0.3, -0.25) is 4.79 Å². The molecule has 0 aliphatic rings. The molecule has 102 valence electrons. The first kappa shape index (κ1) is 17.2. The van der Waals surface area contributed by atoms with Gasteiger partial charge in [0, 0.05) is 12.5 Å². The van der Waals surface area contributed by atoms with E-state index >= 15 is 0 Å². The third-order valence-corrected chi connectivity index (χ3v) is 2.89. The lowest BCUT2D eigenvalue weighted by molar-refractivity contribution is -0.124. The van der Waals surface area contributed by atoms with E-state index in [0.717, 1.165) is 5.56 Å². The molecule has 0 spiro atoms. The quantitative estimate of drug-likeness (QED) is 0.897. The van der Waals surface area contributed by atoms with Crippen molar-refractivity contribution >= 4 is 29.9 Å². The molecule has 18 heavy (non-hydrogen) atoms. The number of carbonyl (C=O) groups is 1. The van der Waals surface area contributed by atoms with Crippen molar-refractivity contribution in [3.05, 3.63) is 34.6 Å². The van der Waals surface area contributed by atoms with Crippen molar-refractivity contribution in [2.24, 2.45) is 11.7 Å². The molecular weight excluding hydrogens is 278 g/mol. The van der Waals surface area contributed by atoms with Crippen LogP contribution in [0.3, 0.4) is 0 Å². The normalized spacial score (nSPS) is 13.4. The van der Waals surface area contributed by atoms with Gasteiger partial charge in [0.05, 0.1) is 11.1 Å². The molecule has 1 aromatic carbocycles. The number of halogens is 3. The zero-order valence-electron chi connectivity index (χ0n) is 10.2. The fraction of sp³-hybridized carbons (Fsp3) is 0.417. The van der Waals surface area contributed by atoms with Crippen molar-refractivity contribution in [3.63, 3.8) is 0 Å². The van der Waals surface area contributed by atoms with Crippen molar-refractivity contribution in [2.45, 2.75) is 19.9 Å². The van der Waals surface area contributed by atoms with Crippen LogP contribution < -0.4 is 11.1 Å². The number of amides is 1. The summed E-state index contributed by atoms with van der Waals surface area (Å²) in [5.41, 5.74) is 6.16. The first-order valence-electron chi connectivity index (χ1n) is 5.41. The fourth-order valence-corrected chi connectivity index (χ4v) is 1.52. The molecule has 1 rings (SSSR count). The van der Waals surface area contributed by atoms with E-state index in [9.17, 15) is 9.18 Å². The minimum Gasteiger partial charge on any atom is -0.349 e. The highest BCUT2D eigenvalue weighted by Gasteiger charge is 2.15. The molecule has 1 aromatic rings. The highest BCUT2D eigenvalue weighted by Crippen LogP contribution is 2.20. The van der Waals surface area contributed by atoms with E-state index in [4.69, 9.17) is 17.3 Å². The van der Waals surface area contributed by atoms with Crippen LogP contribution in [0.25, 0.3) is 0 Å². The second-order valence-electron chi connectivity index (χ2n) is 4.04. The number of hydrogen-bond acceptors (Lipinski definition) is 2. The summed E-state index contributed by atoms with van der Waals surface area (Å²) >= 11 is 5.68. The predicted molar refractivity (Wildman–Crippen MR) is 73.4 cm³/mol. The van der Waals surface area contributed by atoms with E-state index in [0.29, 0.717) is 6.54 Å². The second kappa shape index (κ2) is 7.56. The van der Waals surface area contributed by atoms with Gasteiger partial charge in [-0.15, -0.1) is 12.4 Å². The van der Waals surface area contributed by atoms with E-state index in [2.05, 4.69) is 5.32 Å². The number of nitrogens with one attached hydrogen (secondary N) is 1. The zero-order valence-corrected chi connectivity index (χ0v) is 11.8. The Balaban J connectivity index is 0.00000289. The van der Waals surface area contributed by atoms with Gasteiger partial charge in [0.1, 0.15) is 5.82 Å². The molecule has 0 radical (unpaired) electrons. The van der Waals surface area contributed by atoms with E-state index in [-0.39, 0.29) is 35.3 Å². The minimum absolute atomic E-state index is 0. The molecule has 1 amide bonds. The molecule has 0 saturated carbocycles. The van der Waals surface area contributed by atoms with Crippen LogP contribution in [0.5, 0.6) is 0 Å². The van der Waals surface area contributed by atoms with Crippen molar-refractivity contribution in [1.29, 1.82) is 0 Å². The van der Waals surface area contributed by atoms with Crippen molar-refractivity contribution in [2.75, 3.05) is 6.54 Å². The molecule has 0 aromatic heterocycles. The van der Waals surface area contributed by atoms with Gasteiger partial charge in [-0.25, -0.2) is 4.39 Å². The monoisotopic (exact) mass is 294 g/mol. The lowest BCUT2D eigenvalue weighted by Gasteiger charge is -2.17. The van der Waals surface area contributed by atoms with Gasteiger partial charge >= 0.3 is 0 Å². The molecule has 0 saturated heterocycles. The van der Waals surface area contributed by atoms with Gasteiger partial charge in [-0.2, -0.15) is 0 Å². The minimum atomic E-state index is -0.468. The molecular formula is C12H17Cl2FN2O. The smallest absolute Gasteiger partial charge is 0.224 e. The Morgan fingerprint density at radius 1 is 1.50 bits per heavy atom. The average molecular weight is 295 g/mol. The lowest BCUT2D eigenvalue weighted by atomic mass is 10.1. The second-order valence-corrected chi connectivity index (χ2v) is 4.45. The molecule has 0 heterocycles. The van der Waals surface area contributed by atoms with Crippen LogP contribution in [0.4, 0.5) is 4.39 Å². The first-order valence-corrected chi connectivity index (χ1v) is 5.79. The van der Waals surface area contributed by atoms with Crippen LogP contribution in [-0.4, -0.2) is 12.5 Å². The highest BCUT2D eigenvalue weighted by molar-refractivity contribution is 6.30. The molecule has 0 fully saturated rings. The Morgan fingerprint density at radius 3 is 2.61 bits per heavy atom. The molecule has 0 aliphatic carbocycles. The van der Waals surface area contributed by atoms with Crippen molar-refractivity contribution < 1.29 is 9.18 Å². The Bertz CT molecular complexity index is 415. The molecule has 3 nitrogen and oxygen atoms in total. The Morgan fingerprint density at radius 2 is 2.11 bits per heavy atom. The SMILES string of the molecule is CC(CN)C(=O)NC(C)c1ccc(F)c(Cl)c1.Cl. The number of nitrogens with two attached hydrogens (primary N) is 1. The number of hydrogen-bond donors (Lipinski definition) is 2. The van der Waals surface area contributed by atoms with Gasteiger partial charge in [0.25, 0.3) is 0 Å². The summed E-state index contributed by atoms with van der Waals surface area (Å²) in [5.74, 6) is -0.835. The number of benzene rings is 1.